The van der Waals surface area contributed by atoms with E-state index in [4.69, 9.17) is 23.1 Å². The second kappa shape index (κ2) is 8.45. The molecule has 2 aromatic heterocycles. The zero-order valence-corrected chi connectivity index (χ0v) is 15.5. The van der Waals surface area contributed by atoms with Crippen LogP contribution < -0.4 is 16.4 Å². The van der Waals surface area contributed by atoms with Crippen molar-refractivity contribution in [3.8, 4) is 0 Å². The lowest BCUT2D eigenvalue weighted by atomic mass is 9.86. The Morgan fingerprint density at radius 1 is 1.30 bits per heavy atom. The molecule has 144 valence electrons. The van der Waals surface area contributed by atoms with Crippen molar-refractivity contribution in [1.82, 2.24) is 15.0 Å². The Kier molecular flexibility index (Phi) is 6.02. The van der Waals surface area contributed by atoms with Gasteiger partial charge < -0.3 is 16.4 Å². The van der Waals surface area contributed by atoms with Gasteiger partial charge in [0, 0.05) is 30.9 Å². The van der Waals surface area contributed by atoms with Gasteiger partial charge in [-0.1, -0.05) is 17.7 Å². The molecule has 0 spiro atoms. The zero-order valence-electron chi connectivity index (χ0n) is 14.8. The van der Waals surface area contributed by atoms with Crippen molar-refractivity contribution in [2.45, 2.75) is 38.3 Å². The maximum Gasteiger partial charge on any atom is 0.329 e. The van der Waals surface area contributed by atoms with E-state index in [9.17, 15) is 10.1 Å². The quantitative estimate of drug-likeness (QED) is 0.435. The fourth-order valence-electron chi connectivity index (χ4n) is 3.31. The monoisotopic (exact) mass is 391 g/mol. The molecular weight excluding hydrogens is 370 g/mol. The first-order valence-corrected chi connectivity index (χ1v) is 9.18. The van der Waals surface area contributed by atoms with Gasteiger partial charge in [-0.25, -0.2) is 9.97 Å². The van der Waals surface area contributed by atoms with Gasteiger partial charge in [0.2, 0.25) is 11.8 Å². The van der Waals surface area contributed by atoms with Crippen molar-refractivity contribution in [3.05, 3.63) is 45.4 Å². The summed E-state index contributed by atoms with van der Waals surface area (Å²) in [6.07, 6.45) is 6.76. The Morgan fingerprint density at radius 2 is 2.04 bits per heavy atom. The summed E-state index contributed by atoms with van der Waals surface area (Å²) in [5, 5.41) is 11.4. The summed E-state index contributed by atoms with van der Waals surface area (Å²) in [5.41, 5.74) is 12.3. The predicted molar refractivity (Wildman–Crippen MR) is 103 cm³/mol. The summed E-state index contributed by atoms with van der Waals surface area (Å²) in [7, 11) is 0. The highest BCUT2D eigenvalue weighted by Crippen LogP contribution is 2.28. The van der Waals surface area contributed by atoms with Gasteiger partial charge >= 0.3 is 5.69 Å². The number of rotatable bonds is 6. The van der Waals surface area contributed by atoms with E-state index in [-0.39, 0.29) is 17.5 Å². The number of anilines is 2. The van der Waals surface area contributed by atoms with E-state index in [0.717, 1.165) is 37.4 Å². The molecule has 10 heteroatoms. The van der Waals surface area contributed by atoms with Crippen molar-refractivity contribution in [2.75, 3.05) is 17.2 Å². The molecule has 0 aliphatic heterocycles. The van der Waals surface area contributed by atoms with E-state index in [1.54, 1.807) is 6.20 Å². The molecule has 1 aliphatic rings. The molecule has 1 saturated carbocycles. The van der Waals surface area contributed by atoms with Crippen LogP contribution in [0.5, 0.6) is 0 Å². The van der Waals surface area contributed by atoms with Crippen LogP contribution in [0.15, 0.2) is 24.5 Å². The first kappa shape index (κ1) is 19.2. The number of nitro groups is 1. The van der Waals surface area contributed by atoms with E-state index < -0.39 is 4.92 Å². The van der Waals surface area contributed by atoms with Crippen LogP contribution in [0.3, 0.4) is 0 Å². The SMILES string of the molecule is Nc1nc(N(Cc2cccnc2Cl)CC2CCC(N)CC2)ncc1[N+](=O)[O-]. The van der Waals surface area contributed by atoms with E-state index in [1.165, 1.54) is 0 Å². The number of nitrogens with two attached hydrogens (primary N) is 2. The van der Waals surface area contributed by atoms with Gasteiger partial charge in [0.1, 0.15) is 11.3 Å². The molecule has 1 aliphatic carbocycles. The molecule has 3 rings (SSSR count). The van der Waals surface area contributed by atoms with Crippen molar-refractivity contribution >= 4 is 29.1 Å². The van der Waals surface area contributed by atoms with Crippen LogP contribution in [0.2, 0.25) is 5.15 Å². The van der Waals surface area contributed by atoms with E-state index in [1.807, 2.05) is 17.0 Å². The first-order chi connectivity index (χ1) is 12.9. The van der Waals surface area contributed by atoms with Crippen LogP contribution in [-0.2, 0) is 6.54 Å². The second-order valence-electron chi connectivity index (χ2n) is 6.81. The van der Waals surface area contributed by atoms with Crippen LogP contribution >= 0.6 is 11.6 Å². The van der Waals surface area contributed by atoms with Gasteiger partial charge in [0.25, 0.3) is 0 Å². The van der Waals surface area contributed by atoms with Crippen LogP contribution in [0.4, 0.5) is 17.5 Å². The maximum atomic E-state index is 11.0. The lowest BCUT2D eigenvalue weighted by Gasteiger charge is -2.31. The molecule has 2 aromatic rings. The molecule has 9 nitrogen and oxygen atoms in total. The Morgan fingerprint density at radius 3 is 2.67 bits per heavy atom. The van der Waals surface area contributed by atoms with Gasteiger partial charge in [-0.15, -0.1) is 0 Å². The Labute approximate surface area is 161 Å². The maximum absolute atomic E-state index is 11.0. The fraction of sp³-hybridized carbons (Fsp3) is 0.471. The molecule has 0 bridgehead atoms. The number of pyridine rings is 1. The fourth-order valence-corrected chi connectivity index (χ4v) is 3.49. The molecule has 0 radical (unpaired) electrons. The Balaban J connectivity index is 1.86. The molecule has 0 amide bonds. The highest BCUT2D eigenvalue weighted by Gasteiger charge is 2.24. The Bertz CT molecular complexity index is 812. The minimum Gasteiger partial charge on any atom is -0.378 e. The summed E-state index contributed by atoms with van der Waals surface area (Å²) < 4.78 is 0. The number of hydrogen-bond acceptors (Lipinski definition) is 8. The summed E-state index contributed by atoms with van der Waals surface area (Å²) >= 11 is 6.21. The van der Waals surface area contributed by atoms with Crippen molar-refractivity contribution in [2.24, 2.45) is 11.7 Å². The third-order valence-electron chi connectivity index (χ3n) is 4.83. The Hall–Kier alpha value is -2.52. The lowest BCUT2D eigenvalue weighted by molar-refractivity contribution is -0.384. The van der Waals surface area contributed by atoms with Crippen molar-refractivity contribution < 1.29 is 4.92 Å². The number of aromatic nitrogens is 3. The first-order valence-electron chi connectivity index (χ1n) is 8.81. The zero-order chi connectivity index (χ0) is 19.4. The van der Waals surface area contributed by atoms with E-state index in [0.29, 0.717) is 30.1 Å². The van der Waals surface area contributed by atoms with Crippen LogP contribution in [0.25, 0.3) is 0 Å². The average Bonchev–Trinajstić information content (AvgIpc) is 2.64. The number of nitrogen functional groups attached to an aromatic ring is 1. The molecule has 2 heterocycles. The third-order valence-corrected chi connectivity index (χ3v) is 5.17. The minimum atomic E-state index is -0.593. The van der Waals surface area contributed by atoms with Crippen LogP contribution in [-0.4, -0.2) is 32.5 Å². The van der Waals surface area contributed by atoms with E-state index >= 15 is 0 Å². The standard InChI is InChI=1S/C17H22ClN7O2/c18-15-12(2-1-7-21-15)10-24(9-11-3-5-13(19)6-4-11)17-22-8-14(25(26)27)16(20)23-17/h1-2,7-8,11,13H,3-6,9-10,19H2,(H2,20,22,23). The summed E-state index contributed by atoms with van der Waals surface area (Å²) in [5.74, 6) is 0.617. The molecule has 0 aromatic carbocycles. The van der Waals surface area contributed by atoms with E-state index in [2.05, 4.69) is 15.0 Å². The summed E-state index contributed by atoms with van der Waals surface area (Å²) in [6.45, 7) is 1.13. The highest BCUT2D eigenvalue weighted by atomic mass is 35.5. The van der Waals surface area contributed by atoms with Crippen molar-refractivity contribution in [3.63, 3.8) is 0 Å². The summed E-state index contributed by atoms with van der Waals surface area (Å²) in [4.78, 5) is 24.8. The van der Waals surface area contributed by atoms with Gasteiger partial charge in [-0.05, 0) is 37.7 Å². The molecule has 0 unspecified atom stereocenters. The molecule has 27 heavy (non-hydrogen) atoms. The number of halogens is 1. The number of hydrogen-bond donors (Lipinski definition) is 2. The van der Waals surface area contributed by atoms with Crippen LogP contribution in [0.1, 0.15) is 31.2 Å². The largest absolute Gasteiger partial charge is 0.378 e. The molecule has 4 N–H and O–H groups in total. The van der Waals surface area contributed by atoms with Gasteiger partial charge in [0.15, 0.2) is 0 Å². The molecule has 1 fully saturated rings. The predicted octanol–water partition coefficient (Wildman–Crippen LogP) is 2.54. The highest BCUT2D eigenvalue weighted by molar-refractivity contribution is 6.30. The van der Waals surface area contributed by atoms with Gasteiger partial charge in [0.05, 0.1) is 4.92 Å². The van der Waals surface area contributed by atoms with Gasteiger partial charge in [-0.3, -0.25) is 10.1 Å². The number of nitrogens with zero attached hydrogens (tertiary/aromatic N) is 5. The lowest BCUT2D eigenvalue weighted by Crippen LogP contribution is -2.35. The normalized spacial score (nSPS) is 19.6. The molecular formula is C17H22ClN7O2. The van der Waals surface area contributed by atoms with Crippen molar-refractivity contribution in [1.29, 1.82) is 0 Å². The average molecular weight is 392 g/mol. The molecule has 0 saturated heterocycles. The third kappa shape index (κ3) is 4.81. The minimum absolute atomic E-state index is 0.155. The second-order valence-corrected chi connectivity index (χ2v) is 7.17. The summed E-state index contributed by atoms with van der Waals surface area (Å²) in [6, 6.07) is 3.95. The van der Waals surface area contributed by atoms with Crippen LogP contribution in [0, 0.1) is 16.0 Å². The topological polar surface area (TPSA) is 137 Å². The molecule has 0 atom stereocenters. The van der Waals surface area contributed by atoms with Gasteiger partial charge in [-0.2, -0.15) is 4.98 Å². The smallest absolute Gasteiger partial charge is 0.329 e.